The largest absolute Gasteiger partial charge is 0.478 e. The van der Waals surface area contributed by atoms with Gasteiger partial charge in [0.25, 0.3) is 0 Å². The quantitative estimate of drug-likeness (QED) is 0.783. The SMILES string of the molecule is Cc1cc(Nc2ccccc2C(=O)O)nc(NC(C)C)n1. The number of anilines is 3. The number of nitrogens with one attached hydrogen (secondary N) is 2. The number of rotatable bonds is 5. The minimum atomic E-state index is -0.982. The fourth-order valence-corrected chi connectivity index (χ4v) is 1.87. The molecule has 0 radical (unpaired) electrons. The number of para-hydroxylation sites is 1. The lowest BCUT2D eigenvalue weighted by atomic mass is 10.2. The van der Waals surface area contributed by atoms with E-state index in [-0.39, 0.29) is 11.6 Å². The van der Waals surface area contributed by atoms with Crippen molar-refractivity contribution in [2.75, 3.05) is 10.6 Å². The van der Waals surface area contributed by atoms with E-state index in [0.29, 0.717) is 17.5 Å². The van der Waals surface area contributed by atoms with Gasteiger partial charge in [0.05, 0.1) is 11.3 Å². The number of hydrogen-bond acceptors (Lipinski definition) is 5. The molecule has 0 aliphatic rings. The molecule has 0 unspecified atom stereocenters. The van der Waals surface area contributed by atoms with Crippen molar-refractivity contribution in [1.29, 1.82) is 0 Å². The maximum absolute atomic E-state index is 11.2. The second kappa shape index (κ2) is 6.21. The Kier molecular flexibility index (Phi) is 4.37. The van der Waals surface area contributed by atoms with E-state index in [2.05, 4.69) is 20.6 Å². The molecule has 0 aliphatic carbocycles. The van der Waals surface area contributed by atoms with Gasteiger partial charge in [0.15, 0.2) is 0 Å². The van der Waals surface area contributed by atoms with Crippen LogP contribution in [0.25, 0.3) is 0 Å². The molecule has 6 nitrogen and oxygen atoms in total. The number of benzene rings is 1. The number of carboxylic acids is 1. The van der Waals surface area contributed by atoms with Crippen molar-refractivity contribution in [3.05, 3.63) is 41.6 Å². The second-order valence-corrected chi connectivity index (χ2v) is 4.99. The van der Waals surface area contributed by atoms with Crippen molar-refractivity contribution in [3.8, 4) is 0 Å². The Morgan fingerprint density at radius 2 is 1.95 bits per heavy atom. The van der Waals surface area contributed by atoms with Crippen molar-refractivity contribution in [2.24, 2.45) is 0 Å². The lowest BCUT2D eigenvalue weighted by Gasteiger charge is -2.12. The van der Waals surface area contributed by atoms with Gasteiger partial charge in [-0.1, -0.05) is 12.1 Å². The number of aromatic carboxylic acids is 1. The molecule has 2 aromatic rings. The molecule has 1 aromatic carbocycles. The Hall–Kier alpha value is -2.63. The molecule has 0 bridgehead atoms. The molecule has 110 valence electrons. The van der Waals surface area contributed by atoms with Crippen molar-refractivity contribution >= 4 is 23.4 Å². The zero-order valence-corrected chi connectivity index (χ0v) is 12.2. The van der Waals surface area contributed by atoms with Gasteiger partial charge in [-0.2, -0.15) is 4.98 Å². The van der Waals surface area contributed by atoms with Gasteiger partial charge >= 0.3 is 5.97 Å². The van der Waals surface area contributed by atoms with Crippen LogP contribution in [0.5, 0.6) is 0 Å². The summed E-state index contributed by atoms with van der Waals surface area (Å²) in [6, 6.07) is 8.69. The summed E-state index contributed by atoms with van der Waals surface area (Å²) in [5, 5.41) is 15.4. The van der Waals surface area contributed by atoms with Crippen molar-refractivity contribution < 1.29 is 9.90 Å². The van der Waals surface area contributed by atoms with Crippen LogP contribution >= 0.6 is 0 Å². The predicted octanol–water partition coefficient (Wildman–Crippen LogP) is 3.05. The smallest absolute Gasteiger partial charge is 0.337 e. The summed E-state index contributed by atoms with van der Waals surface area (Å²) in [7, 11) is 0. The monoisotopic (exact) mass is 286 g/mol. The first-order valence-electron chi connectivity index (χ1n) is 6.67. The third-order valence-corrected chi connectivity index (χ3v) is 2.69. The van der Waals surface area contributed by atoms with Crippen molar-refractivity contribution in [2.45, 2.75) is 26.8 Å². The number of carboxylic acid groups (broad SMARTS) is 1. The first kappa shape index (κ1) is 14.8. The van der Waals surface area contributed by atoms with Crippen LogP contribution in [0.15, 0.2) is 30.3 Å². The molecular formula is C15H18N4O2. The molecule has 3 N–H and O–H groups in total. The molecule has 2 rings (SSSR count). The highest BCUT2D eigenvalue weighted by Gasteiger charge is 2.10. The third kappa shape index (κ3) is 3.92. The van der Waals surface area contributed by atoms with Crippen LogP contribution in [-0.2, 0) is 0 Å². The maximum atomic E-state index is 11.2. The fraction of sp³-hybridized carbons (Fsp3) is 0.267. The minimum Gasteiger partial charge on any atom is -0.478 e. The van der Waals surface area contributed by atoms with Crippen LogP contribution in [-0.4, -0.2) is 27.1 Å². The van der Waals surface area contributed by atoms with Crippen LogP contribution in [0.1, 0.15) is 29.9 Å². The summed E-state index contributed by atoms with van der Waals surface area (Å²) in [6.07, 6.45) is 0. The van der Waals surface area contributed by atoms with Gasteiger partial charge in [0.2, 0.25) is 5.95 Å². The van der Waals surface area contributed by atoms with E-state index >= 15 is 0 Å². The molecule has 0 saturated carbocycles. The summed E-state index contributed by atoms with van der Waals surface area (Å²) in [5.74, 6) is 0.0871. The van der Waals surface area contributed by atoms with Crippen LogP contribution < -0.4 is 10.6 Å². The number of nitrogens with zero attached hydrogens (tertiary/aromatic N) is 2. The Labute approximate surface area is 123 Å². The molecule has 6 heteroatoms. The van der Waals surface area contributed by atoms with E-state index in [1.54, 1.807) is 30.3 Å². The fourth-order valence-electron chi connectivity index (χ4n) is 1.87. The summed E-state index contributed by atoms with van der Waals surface area (Å²) in [5.41, 5.74) is 1.49. The molecule has 0 fully saturated rings. The number of aryl methyl sites for hydroxylation is 1. The van der Waals surface area contributed by atoms with E-state index in [1.165, 1.54) is 0 Å². The topological polar surface area (TPSA) is 87.1 Å². The Bertz CT molecular complexity index is 656. The Balaban J connectivity index is 2.31. The lowest BCUT2D eigenvalue weighted by Crippen LogP contribution is -2.13. The molecule has 21 heavy (non-hydrogen) atoms. The number of hydrogen-bond donors (Lipinski definition) is 3. The molecule has 0 saturated heterocycles. The first-order chi connectivity index (χ1) is 9.95. The molecule has 0 aliphatic heterocycles. The van der Waals surface area contributed by atoms with Gasteiger partial charge in [-0.05, 0) is 32.9 Å². The highest BCUT2D eigenvalue weighted by atomic mass is 16.4. The van der Waals surface area contributed by atoms with Gasteiger partial charge in [0.1, 0.15) is 5.82 Å². The zero-order chi connectivity index (χ0) is 15.4. The van der Waals surface area contributed by atoms with Crippen LogP contribution in [0.4, 0.5) is 17.5 Å². The summed E-state index contributed by atoms with van der Waals surface area (Å²) >= 11 is 0. The average Bonchev–Trinajstić information content (AvgIpc) is 2.37. The highest BCUT2D eigenvalue weighted by Crippen LogP contribution is 2.21. The third-order valence-electron chi connectivity index (χ3n) is 2.69. The van der Waals surface area contributed by atoms with E-state index in [4.69, 9.17) is 0 Å². The number of carbonyl (C=O) groups is 1. The van der Waals surface area contributed by atoms with Gasteiger partial charge in [0, 0.05) is 17.8 Å². The summed E-state index contributed by atoms with van der Waals surface area (Å²) < 4.78 is 0. The highest BCUT2D eigenvalue weighted by molar-refractivity contribution is 5.95. The van der Waals surface area contributed by atoms with E-state index in [0.717, 1.165) is 5.69 Å². The minimum absolute atomic E-state index is 0.201. The van der Waals surface area contributed by atoms with E-state index in [9.17, 15) is 9.90 Å². The Morgan fingerprint density at radius 3 is 2.62 bits per heavy atom. The van der Waals surface area contributed by atoms with Gasteiger partial charge in [-0.15, -0.1) is 0 Å². The van der Waals surface area contributed by atoms with Gasteiger partial charge in [-0.3, -0.25) is 0 Å². The summed E-state index contributed by atoms with van der Waals surface area (Å²) in [4.78, 5) is 19.8. The molecule has 0 spiro atoms. The summed E-state index contributed by atoms with van der Waals surface area (Å²) in [6.45, 7) is 5.86. The van der Waals surface area contributed by atoms with Gasteiger partial charge < -0.3 is 15.7 Å². The standard InChI is InChI=1S/C15H18N4O2/c1-9(2)16-15-17-10(3)8-13(19-15)18-12-7-5-4-6-11(12)14(20)21/h4-9H,1-3H3,(H,20,21)(H2,16,17,18,19). The van der Waals surface area contributed by atoms with Crippen molar-refractivity contribution in [1.82, 2.24) is 9.97 Å². The second-order valence-electron chi connectivity index (χ2n) is 4.99. The van der Waals surface area contributed by atoms with Crippen molar-refractivity contribution in [3.63, 3.8) is 0 Å². The van der Waals surface area contributed by atoms with Crippen LogP contribution in [0.2, 0.25) is 0 Å². The zero-order valence-electron chi connectivity index (χ0n) is 12.2. The number of aromatic nitrogens is 2. The average molecular weight is 286 g/mol. The molecule has 1 aromatic heterocycles. The lowest BCUT2D eigenvalue weighted by molar-refractivity contribution is 0.0698. The maximum Gasteiger partial charge on any atom is 0.337 e. The molecule has 0 amide bonds. The Morgan fingerprint density at radius 1 is 1.24 bits per heavy atom. The van der Waals surface area contributed by atoms with E-state index in [1.807, 2.05) is 20.8 Å². The predicted molar refractivity (Wildman–Crippen MR) is 82.2 cm³/mol. The first-order valence-corrected chi connectivity index (χ1v) is 6.67. The molecular weight excluding hydrogens is 268 g/mol. The van der Waals surface area contributed by atoms with Crippen LogP contribution in [0, 0.1) is 6.92 Å². The molecule has 0 atom stereocenters. The van der Waals surface area contributed by atoms with E-state index < -0.39 is 5.97 Å². The molecule has 1 heterocycles. The van der Waals surface area contributed by atoms with Crippen LogP contribution in [0.3, 0.4) is 0 Å². The van der Waals surface area contributed by atoms with Gasteiger partial charge in [-0.25, -0.2) is 9.78 Å². The normalized spacial score (nSPS) is 10.5.